The van der Waals surface area contributed by atoms with Crippen molar-refractivity contribution in [2.45, 2.75) is 19.1 Å². The zero-order valence-electron chi connectivity index (χ0n) is 13.1. The average molecular weight is 353 g/mol. The van der Waals surface area contributed by atoms with Gasteiger partial charge in [-0.25, -0.2) is 4.98 Å². The van der Waals surface area contributed by atoms with Crippen LogP contribution in [0.1, 0.15) is 17.3 Å². The van der Waals surface area contributed by atoms with Crippen LogP contribution in [0.5, 0.6) is 0 Å². The molecule has 1 aliphatic heterocycles. The molecule has 1 saturated heterocycles. The summed E-state index contributed by atoms with van der Waals surface area (Å²) < 4.78 is 44.0. The largest absolute Gasteiger partial charge is 0.405 e. The van der Waals surface area contributed by atoms with Crippen molar-refractivity contribution < 1.29 is 17.9 Å². The molecule has 0 spiro atoms. The molecule has 2 aromatic rings. The minimum Gasteiger partial charge on any atom is -0.377 e. The van der Waals surface area contributed by atoms with Crippen LogP contribution < -0.4 is 10.6 Å². The SMILES string of the molecule is Cc1nn(C2COC2)cc1Nc1ncc(C#N)c(NCC(F)(F)F)n1. The van der Waals surface area contributed by atoms with E-state index in [9.17, 15) is 13.2 Å². The molecule has 11 heteroatoms. The predicted octanol–water partition coefficient (Wildman–Crippen LogP) is 2.14. The van der Waals surface area contributed by atoms with E-state index in [0.717, 1.165) is 6.20 Å². The summed E-state index contributed by atoms with van der Waals surface area (Å²) in [5.74, 6) is -0.119. The zero-order valence-corrected chi connectivity index (χ0v) is 13.1. The Morgan fingerprint density at radius 3 is 2.80 bits per heavy atom. The van der Waals surface area contributed by atoms with Crippen LogP contribution in [0.15, 0.2) is 12.4 Å². The number of ether oxygens (including phenoxy) is 1. The molecule has 0 atom stereocenters. The first-order valence-electron chi connectivity index (χ1n) is 7.34. The predicted molar refractivity (Wildman–Crippen MR) is 81.4 cm³/mol. The monoisotopic (exact) mass is 353 g/mol. The molecule has 132 valence electrons. The van der Waals surface area contributed by atoms with Crippen molar-refractivity contribution in [3.05, 3.63) is 23.7 Å². The summed E-state index contributed by atoms with van der Waals surface area (Å²) in [5, 5.41) is 18.3. The Morgan fingerprint density at radius 2 is 2.20 bits per heavy atom. The number of nitrogens with one attached hydrogen (secondary N) is 2. The average Bonchev–Trinajstić information content (AvgIpc) is 2.83. The molecule has 2 aromatic heterocycles. The Kier molecular flexibility index (Phi) is 4.45. The summed E-state index contributed by atoms with van der Waals surface area (Å²) in [6.07, 6.45) is -1.51. The highest BCUT2D eigenvalue weighted by Crippen LogP contribution is 2.24. The van der Waals surface area contributed by atoms with Gasteiger partial charge in [0.25, 0.3) is 0 Å². The van der Waals surface area contributed by atoms with Gasteiger partial charge in [-0.1, -0.05) is 0 Å². The van der Waals surface area contributed by atoms with Gasteiger partial charge in [0.2, 0.25) is 5.95 Å². The first kappa shape index (κ1) is 17.0. The van der Waals surface area contributed by atoms with Crippen molar-refractivity contribution in [2.24, 2.45) is 0 Å². The van der Waals surface area contributed by atoms with Crippen molar-refractivity contribution in [1.29, 1.82) is 5.26 Å². The maximum Gasteiger partial charge on any atom is 0.405 e. The highest BCUT2D eigenvalue weighted by molar-refractivity contribution is 5.59. The van der Waals surface area contributed by atoms with Gasteiger partial charge >= 0.3 is 6.18 Å². The molecule has 8 nitrogen and oxygen atoms in total. The van der Waals surface area contributed by atoms with E-state index in [0.29, 0.717) is 24.6 Å². The summed E-state index contributed by atoms with van der Waals surface area (Å²) in [6, 6.07) is 1.92. The van der Waals surface area contributed by atoms with E-state index in [1.807, 2.05) is 0 Å². The molecule has 0 unspecified atom stereocenters. The molecule has 1 aliphatic rings. The molecule has 0 aliphatic carbocycles. The molecule has 1 fully saturated rings. The van der Waals surface area contributed by atoms with Crippen molar-refractivity contribution >= 4 is 17.5 Å². The normalized spacial score (nSPS) is 14.7. The van der Waals surface area contributed by atoms with E-state index in [-0.39, 0.29) is 23.4 Å². The summed E-state index contributed by atoms with van der Waals surface area (Å²) in [7, 11) is 0. The van der Waals surface area contributed by atoms with Crippen LogP contribution in [0, 0.1) is 18.3 Å². The molecular weight excluding hydrogens is 339 g/mol. The number of anilines is 3. The number of hydrogen-bond acceptors (Lipinski definition) is 7. The lowest BCUT2D eigenvalue weighted by molar-refractivity contribution is -0.115. The van der Waals surface area contributed by atoms with Crippen LogP contribution >= 0.6 is 0 Å². The fraction of sp³-hybridized carbons (Fsp3) is 0.429. The highest BCUT2D eigenvalue weighted by atomic mass is 19.4. The van der Waals surface area contributed by atoms with Crippen molar-refractivity contribution in [3.63, 3.8) is 0 Å². The second kappa shape index (κ2) is 6.56. The number of nitrogens with zero attached hydrogens (tertiary/aromatic N) is 5. The van der Waals surface area contributed by atoms with Crippen LogP contribution in [0.2, 0.25) is 0 Å². The number of rotatable bonds is 5. The third kappa shape index (κ3) is 3.97. The zero-order chi connectivity index (χ0) is 18.0. The maximum absolute atomic E-state index is 12.4. The Labute approximate surface area is 140 Å². The molecule has 0 amide bonds. The Bertz CT molecular complexity index is 808. The van der Waals surface area contributed by atoms with Gasteiger partial charge in [0.15, 0.2) is 0 Å². The highest BCUT2D eigenvalue weighted by Gasteiger charge is 2.27. The van der Waals surface area contributed by atoms with Crippen LogP contribution in [0.3, 0.4) is 0 Å². The number of halogens is 3. The van der Waals surface area contributed by atoms with Crippen LogP contribution in [-0.2, 0) is 4.74 Å². The van der Waals surface area contributed by atoms with Gasteiger partial charge in [-0.05, 0) is 6.92 Å². The Hall–Kier alpha value is -2.87. The van der Waals surface area contributed by atoms with Crippen molar-refractivity contribution in [2.75, 3.05) is 30.4 Å². The molecular formula is C14H14F3N7O. The van der Waals surface area contributed by atoms with E-state index >= 15 is 0 Å². The topological polar surface area (TPSA) is 101 Å². The number of alkyl halides is 3. The summed E-state index contributed by atoms with van der Waals surface area (Å²) in [4.78, 5) is 7.91. The quantitative estimate of drug-likeness (QED) is 0.849. The minimum atomic E-state index is -4.42. The molecule has 0 radical (unpaired) electrons. The van der Waals surface area contributed by atoms with E-state index in [4.69, 9.17) is 10.00 Å². The van der Waals surface area contributed by atoms with Gasteiger partial charge in [0, 0.05) is 6.20 Å². The fourth-order valence-electron chi connectivity index (χ4n) is 2.13. The van der Waals surface area contributed by atoms with Crippen LogP contribution in [-0.4, -0.2) is 45.7 Å². The van der Waals surface area contributed by atoms with Gasteiger partial charge < -0.3 is 15.4 Å². The van der Waals surface area contributed by atoms with Gasteiger partial charge in [0.05, 0.1) is 36.8 Å². The molecule has 2 N–H and O–H groups in total. The number of hydrogen-bond donors (Lipinski definition) is 2. The Balaban J connectivity index is 1.78. The van der Waals surface area contributed by atoms with Gasteiger partial charge in [0.1, 0.15) is 24.0 Å². The Morgan fingerprint density at radius 1 is 1.44 bits per heavy atom. The number of aromatic nitrogens is 4. The van der Waals surface area contributed by atoms with Gasteiger partial charge in [-0.2, -0.15) is 28.5 Å². The lowest BCUT2D eigenvalue weighted by Crippen LogP contribution is -2.30. The maximum atomic E-state index is 12.4. The molecule has 0 aromatic carbocycles. The van der Waals surface area contributed by atoms with Crippen molar-refractivity contribution in [3.8, 4) is 6.07 Å². The van der Waals surface area contributed by atoms with E-state index in [2.05, 4.69) is 25.7 Å². The van der Waals surface area contributed by atoms with E-state index in [1.165, 1.54) is 0 Å². The molecule has 0 saturated carbocycles. The van der Waals surface area contributed by atoms with Gasteiger partial charge in [-0.3, -0.25) is 4.68 Å². The third-order valence-corrected chi connectivity index (χ3v) is 3.52. The number of nitriles is 1. The lowest BCUT2D eigenvalue weighted by Gasteiger charge is -2.25. The standard InChI is InChI=1S/C14H14F3N7O/c1-8-11(4-24(23-8)10-5-25-6-10)21-13-19-3-9(2-18)12(22-13)20-7-14(15,16)17/h3-4,10H,5-7H2,1H3,(H2,19,20,21,22). The number of aryl methyl sites for hydroxylation is 1. The third-order valence-electron chi connectivity index (χ3n) is 3.52. The second-order valence-corrected chi connectivity index (χ2v) is 5.46. The minimum absolute atomic E-state index is 0.0659. The van der Waals surface area contributed by atoms with Crippen LogP contribution in [0.4, 0.5) is 30.6 Å². The summed E-state index contributed by atoms with van der Waals surface area (Å²) in [5.41, 5.74) is 1.23. The smallest absolute Gasteiger partial charge is 0.377 e. The molecule has 25 heavy (non-hydrogen) atoms. The molecule has 3 rings (SSSR count). The lowest BCUT2D eigenvalue weighted by atomic mass is 10.3. The second-order valence-electron chi connectivity index (χ2n) is 5.46. The van der Waals surface area contributed by atoms with E-state index in [1.54, 1.807) is 23.9 Å². The fourth-order valence-corrected chi connectivity index (χ4v) is 2.13. The first-order valence-corrected chi connectivity index (χ1v) is 7.34. The molecule has 3 heterocycles. The summed E-state index contributed by atoms with van der Waals surface area (Å²) >= 11 is 0. The summed E-state index contributed by atoms with van der Waals surface area (Å²) in [6.45, 7) is 1.65. The van der Waals surface area contributed by atoms with Crippen LogP contribution in [0.25, 0.3) is 0 Å². The van der Waals surface area contributed by atoms with Gasteiger partial charge in [-0.15, -0.1) is 0 Å². The molecule has 0 bridgehead atoms. The van der Waals surface area contributed by atoms with Crippen molar-refractivity contribution in [1.82, 2.24) is 19.7 Å². The van der Waals surface area contributed by atoms with E-state index < -0.39 is 12.7 Å². The first-order chi connectivity index (χ1) is 11.9.